The fourth-order valence-corrected chi connectivity index (χ4v) is 3.25. The summed E-state index contributed by atoms with van der Waals surface area (Å²) >= 11 is 0. The Balaban J connectivity index is 1.88. The van der Waals surface area contributed by atoms with Crippen LogP contribution in [-0.2, 0) is 22.4 Å². The maximum absolute atomic E-state index is 12.6. The third kappa shape index (κ3) is 3.68. The van der Waals surface area contributed by atoms with Crippen molar-refractivity contribution in [3.8, 4) is 11.5 Å². The minimum absolute atomic E-state index is 0.198. The van der Waals surface area contributed by atoms with E-state index in [-0.39, 0.29) is 5.97 Å². The van der Waals surface area contributed by atoms with Crippen molar-refractivity contribution in [3.05, 3.63) is 71.5 Å². The van der Waals surface area contributed by atoms with E-state index in [2.05, 4.69) is 0 Å². The number of benzene rings is 2. The van der Waals surface area contributed by atoms with E-state index < -0.39 is 5.41 Å². The molecule has 1 aliphatic heterocycles. The summed E-state index contributed by atoms with van der Waals surface area (Å²) in [4.78, 5) is 12.6. The van der Waals surface area contributed by atoms with Gasteiger partial charge in [0.15, 0.2) is 0 Å². The van der Waals surface area contributed by atoms with Gasteiger partial charge in [0.25, 0.3) is 0 Å². The van der Waals surface area contributed by atoms with Crippen molar-refractivity contribution in [2.45, 2.75) is 19.8 Å². The molecular formula is C21H22O4. The molecule has 0 unspecified atom stereocenters. The van der Waals surface area contributed by atoms with Crippen LogP contribution < -0.4 is 9.47 Å². The van der Waals surface area contributed by atoms with Crippen LogP contribution in [0, 0.1) is 5.41 Å². The van der Waals surface area contributed by atoms with Gasteiger partial charge in [-0.25, -0.2) is 0 Å². The summed E-state index contributed by atoms with van der Waals surface area (Å²) in [6.45, 7) is 1.82. The van der Waals surface area contributed by atoms with Crippen molar-refractivity contribution in [2.75, 3.05) is 14.2 Å². The Kier molecular flexibility index (Phi) is 4.79. The van der Waals surface area contributed by atoms with Crippen LogP contribution in [0.5, 0.6) is 11.5 Å². The number of carbonyl (C=O) groups is 1. The summed E-state index contributed by atoms with van der Waals surface area (Å²) in [6.07, 6.45) is 3.11. The lowest BCUT2D eigenvalue weighted by Crippen LogP contribution is -2.31. The van der Waals surface area contributed by atoms with Gasteiger partial charge in [0, 0.05) is 0 Å². The van der Waals surface area contributed by atoms with Gasteiger partial charge >= 0.3 is 5.97 Å². The average Bonchev–Trinajstić information content (AvgIpc) is 2.89. The van der Waals surface area contributed by atoms with E-state index in [9.17, 15) is 4.79 Å². The Bertz CT molecular complexity index is 723. The van der Waals surface area contributed by atoms with Gasteiger partial charge in [0.1, 0.15) is 17.3 Å². The molecule has 1 heterocycles. The standard InChI is InChI=1S/C21H22O4/c1-15-12-21(20(22)25-15,13-16-4-8-18(23-2)9-5-16)14-17-6-10-19(24-3)11-7-17/h4-12H,13-14H2,1-3H3. The van der Waals surface area contributed by atoms with Gasteiger partial charge in [-0.1, -0.05) is 24.3 Å². The van der Waals surface area contributed by atoms with Crippen molar-refractivity contribution >= 4 is 5.97 Å². The summed E-state index contributed by atoms with van der Waals surface area (Å²) in [6, 6.07) is 15.6. The fourth-order valence-electron chi connectivity index (χ4n) is 3.25. The van der Waals surface area contributed by atoms with Crippen LogP contribution in [0.3, 0.4) is 0 Å². The predicted molar refractivity (Wildman–Crippen MR) is 95.7 cm³/mol. The average molecular weight is 338 g/mol. The molecule has 3 rings (SSSR count). The van der Waals surface area contributed by atoms with Crippen LogP contribution in [-0.4, -0.2) is 20.2 Å². The number of allylic oxidation sites excluding steroid dienone is 1. The number of carbonyl (C=O) groups excluding carboxylic acids is 1. The maximum atomic E-state index is 12.6. The Hall–Kier alpha value is -2.75. The van der Waals surface area contributed by atoms with E-state index in [0.29, 0.717) is 18.6 Å². The zero-order valence-corrected chi connectivity index (χ0v) is 14.7. The predicted octanol–water partition coefficient (Wildman–Crippen LogP) is 3.94. The highest BCUT2D eigenvalue weighted by atomic mass is 16.5. The Morgan fingerprint density at radius 1 is 0.840 bits per heavy atom. The zero-order chi connectivity index (χ0) is 17.9. The van der Waals surface area contributed by atoms with Gasteiger partial charge in [-0.05, 0) is 61.2 Å². The molecule has 4 nitrogen and oxygen atoms in total. The number of rotatable bonds is 6. The van der Waals surface area contributed by atoms with Crippen LogP contribution in [0.2, 0.25) is 0 Å². The molecule has 2 aromatic carbocycles. The smallest absolute Gasteiger partial charge is 0.321 e. The van der Waals surface area contributed by atoms with Crippen LogP contribution in [0.1, 0.15) is 18.1 Å². The fraction of sp³-hybridized carbons (Fsp3) is 0.286. The molecule has 0 radical (unpaired) electrons. The van der Waals surface area contributed by atoms with E-state index in [0.717, 1.165) is 22.6 Å². The molecule has 0 aliphatic carbocycles. The van der Waals surface area contributed by atoms with Crippen molar-refractivity contribution < 1.29 is 19.0 Å². The van der Waals surface area contributed by atoms with Gasteiger partial charge < -0.3 is 14.2 Å². The normalized spacial score (nSPS) is 15.5. The highest BCUT2D eigenvalue weighted by Gasteiger charge is 2.43. The molecule has 0 aromatic heterocycles. The largest absolute Gasteiger partial charge is 0.497 e. The minimum atomic E-state index is -0.687. The number of hydrogen-bond donors (Lipinski definition) is 0. The molecule has 130 valence electrons. The lowest BCUT2D eigenvalue weighted by Gasteiger charge is -2.24. The minimum Gasteiger partial charge on any atom is -0.497 e. The molecule has 0 saturated carbocycles. The number of cyclic esters (lactones) is 1. The first-order valence-electron chi connectivity index (χ1n) is 8.22. The third-order valence-corrected chi connectivity index (χ3v) is 4.50. The summed E-state index contributed by atoms with van der Waals surface area (Å²) in [5.41, 5.74) is 1.45. The molecule has 0 saturated heterocycles. The SMILES string of the molecule is COc1ccc(CC2(Cc3ccc(OC)cc3)C=C(C)OC2=O)cc1. The highest BCUT2D eigenvalue weighted by Crippen LogP contribution is 2.38. The summed E-state index contributed by atoms with van der Waals surface area (Å²) < 4.78 is 15.8. The molecule has 0 bridgehead atoms. The zero-order valence-electron chi connectivity index (χ0n) is 14.7. The number of ether oxygens (including phenoxy) is 3. The van der Waals surface area contributed by atoms with E-state index >= 15 is 0 Å². The molecule has 1 aliphatic rings. The third-order valence-electron chi connectivity index (χ3n) is 4.50. The van der Waals surface area contributed by atoms with Crippen LogP contribution in [0.25, 0.3) is 0 Å². The Morgan fingerprint density at radius 3 is 1.60 bits per heavy atom. The Morgan fingerprint density at radius 2 is 1.28 bits per heavy atom. The molecule has 2 aromatic rings. The second kappa shape index (κ2) is 7.01. The first-order chi connectivity index (χ1) is 12.0. The first-order valence-corrected chi connectivity index (χ1v) is 8.22. The second-order valence-electron chi connectivity index (χ2n) is 6.35. The van der Waals surface area contributed by atoms with Gasteiger partial charge in [-0.2, -0.15) is 0 Å². The number of esters is 1. The van der Waals surface area contributed by atoms with E-state index in [1.165, 1.54) is 0 Å². The number of methoxy groups -OCH3 is 2. The summed E-state index contributed by atoms with van der Waals surface area (Å²) in [5, 5.41) is 0. The van der Waals surface area contributed by atoms with Crippen LogP contribution >= 0.6 is 0 Å². The van der Waals surface area contributed by atoms with Gasteiger partial charge in [-0.15, -0.1) is 0 Å². The van der Waals surface area contributed by atoms with Crippen molar-refractivity contribution in [1.29, 1.82) is 0 Å². The summed E-state index contributed by atoms with van der Waals surface area (Å²) in [5.74, 6) is 2.06. The van der Waals surface area contributed by atoms with E-state index in [1.807, 2.05) is 61.5 Å². The van der Waals surface area contributed by atoms with Crippen molar-refractivity contribution in [1.82, 2.24) is 0 Å². The summed E-state index contributed by atoms with van der Waals surface area (Å²) in [7, 11) is 3.28. The van der Waals surface area contributed by atoms with Crippen molar-refractivity contribution in [2.24, 2.45) is 5.41 Å². The lowest BCUT2D eigenvalue weighted by molar-refractivity contribution is -0.145. The topological polar surface area (TPSA) is 44.8 Å². The molecule has 0 fully saturated rings. The first kappa shape index (κ1) is 17.1. The quantitative estimate of drug-likeness (QED) is 0.749. The lowest BCUT2D eigenvalue weighted by atomic mass is 9.77. The highest BCUT2D eigenvalue weighted by molar-refractivity contribution is 5.83. The molecule has 0 amide bonds. The molecule has 0 spiro atoms. The Labute approximate surface area is 148 Å². The molecule has 4 heteroatoms. The molecular weight excluding hydrogens is 316 g/mol. The van der Waals surface area contributed by atoms with Gasteiger partial charge in [-0.3, -0.25) is 4.79 Å². The molecule has 25 heavy (non-hydrogen) atoms. The molecule has 0 N–H and O–H groups in total. The van der Waals surface area contributed by atoms with Gasteiger partial charge in [0.05, 0.1) is 19.6 Å². The van der Waals surface area contributed by atoms with E-state index in [4.69, 9.17) is 14.2 Å². The second-order valence-corrected chi connectivity index (χ2v) is 6.35. The van der Waals surface area contributed by atoms with Crippen LogP contribution in [0.15, 0.2) is 60.4 Å². The monoisotopic (exact) mass is 338 g/mol. The van der Waals surface area contributed by atoms with Crippen LogP contribution in [0.4, 0.5) is 0 Å². The number of hydrogen-bond acceptors (Lipinski definition) is 4. The van der Waals surface area contributed by atoms with Crippen molar-refractivity contribution in [3.63, 3.8) is 0 Å². The van der Waals surface area contributed by atoms with Gasteiger partial charge in [0.2, 0.25) is 0 Å². The maximum Gasteiger partial charge on any atom is 0.321 e. The molecule has 0 atom stereocenters. The van der Waals surface area contributed by atoms with E-state index in [1.54, 1.807) is 14.2 Å².